The quantitative estimate of drug-likeness (QED) is 0.654. The van der Waals surface area contributed by atoms with Gasteiger partial charge in [-0.2, -0.15) is 0 Å². The van der Waals surface area contributed by atoms with E-state index in [0.29, 0.717) is 17.9 Å². The first-order valence-electron chi connectivity index (χ1n) is 7.67. The van der Waals surface area contributed by atoms with Gasteiger partial charge in [0.25, 0.3) is 0 Å². The zero-order valence-electron chi connectivity index (χ0n) is 13.0. The van der Waals surface area contributed by atoms with Crippen LogP contribution in [0, 0.1) is 0 Å². The molecule has 3 heteroatoms. The molecule has 0 radical (unpaired) electrons. The molecule has 0 spiro atoms. The van der Waals surface area contributed by atoms with Gasteiger partial charge in [0, 0.05) is 17.5 Å². The summed E-state index contributed by atoms with van der Waals surface area (Å²) in [5.41, 5.74) is 2.37. The Morgan fingerprint density at radius 3 is 2.70 bits per heavy atom. The number of benzene rings is 2. The van der Waals surface area contributed by atoms with Gasteiger partial charge in [0.05, 0.1) is 0 Å². The van der Waals surface area contributed by atoms with Gasteiger partial charge in [0.1, 0.15) is 17.9 Å². The molecular weight excluding hydrogens is 288 g/mol. The first-order chi connectivity index (χ1) is 11.3. The van der Waals surface area contributed by atoms with Crippen LogP contribution in [0.15, 0.2) is 69.9 Å². The number of hydrogen-bond acceptors (Lipinski definition) is 3. The van der Waals surface area contributed by atoms with Crippen molar-refractivity contribution in [2.75, 3.05) is 6.61 Å². The van der Waals surface area contributed by atoms with Gasteiger partial charge in [-0.25, -0.2) is 4.79 Å². The Morgan fingerprint density at radius 1 is 1.09 bits per heavy atom. The topological polar surface area (TPSA) is 39.4 Å². The second-order valence-electron chi connectivity index (χ2n) is 5.23. The minimum atomic E-state index is -0.324. The Hall–Kier alpha value is -2.81. The molecule has 0 saturated heterocycles. The molecule has 116 valence electrons. The van der Waals surface area contributed by atoms with Crippen molar-refractivity contribution in [1.29, 1.82) is 0 Å². The van der Waals surface area contributed by atoms with Gasteiger partial charge in [0.2, 0.25) is 0 Å². The van der Waals surface area contributed by atoms with Crippen molar-refractivity contribution in [1.82, 2.24) is 0 Å². The molecule has 1 heterocycles. The van der Waals surface area contributed by atoms with Crippen molar-refractivity contribution in [2.45, 2.75) is 13.3 Å². The molecule has 0 N–H and O–H groups in total. The van der Waals surface area contributed by atoms with Crippen molar-refractivity contribution < 1.29 is 9.15 Å². The fraction of sp³-hybridized carbons (Fsp3) is 0.150. The second kappa shape index (κ2) is 6.97. The molecule has 0 aliphatic heterocycles. The lowest BCUT2D eigenvalue weighted by atomic mass is 10.1. The summed E-state index contributed by atoms with van der Waals surface area (Å²) in [6.07, 6.45) is 4.76. The maximum absolute atomic E-state index is 11.6. The van der Waals surface area contributed by atoms with Gasteiger partial charge < -0.3 is 9.15 Å². The summed E-state index contributed by atoms with van der Waals surface area (Å²) in [5, 5.41) is 0.958. The minimum Gasteiger partial charge on any atom is -0.489 e. The highest BCUT2D eigenvalue weighted by Gasteiger charge is 2.05. The molecule has 0 fully saturated rings. The number of ether oxygens (including phenoxy) is 1. The van der Waals surface area contributed by atoms with Crippen molar-refractivity contribution in [3.05, 3.63) is 82.2 Å². The zero-order chi connectivity index (χ0) is 16.1. The Bertz CT molecular complexity index is 876. The number of fused-ring (bicyclic) bond motifs is 1. The summed E-state index contributed by atoms with van der Waals surface area (Å²) in [7, 11) is 0. The monoisotopic (exact) mass is 306 g/mol. The molecule has 1 aromatic heterocycles. The largest absolute Gasteiger partial charge is 0.489 e. The second-order valence-corrected chi connectivity index (χ2v) is 5.23. The van der Waals surface area contributed by atoms with Crippen molar-refractivity contribution >= 4 is 17.0 Å². The molecule has 0 aliphatic carbocycles. The van der Waals surface area contributed by atoms with E-state index in [1.165, 1.54) is 0 Å². The highest BCUT2D eigenvalue weighted by molar-refractivity contribution is 5.81. The van der Waals surface area contributed by atoms with Crippen LogP contribution in [-0.2, 0) is 6.42 Å². The third-order valence-electron chi connectivity index (χ3n) is 3.64. The zero-order valence-corrected chi connectivity index (χ0v) is 13.0. The Kier molecular flexibility index (Phi) is 4.57. The highest BCUT2D eigenvalue weighted by Crippen LogP contribution is 2.23. The predicted molar refractivity (Wildman–Crippen MR) is 92.8 cm³/mol. The third kappa shape index (κ3) is 3.69. The maximum Gasteiger partial charge on any atom is 0.336 e. The van der Waals surface area contributed by atoms with Gasteiger partial charge in [-0.15, -0.1) is 0 Å². The lowest BCUT2D eigenvalue weighted by Crippen LogP contribution is -2.00. The molecule has 0 bridgehead atoms. The van der Waals surface area contributed by atoms with E-state index in [4.69, 9.17) is 9.15 Å². The average Bonchev–Trinajstić information content (AvgIpc) is 2.58. The third-order valence-corrected chi connectivity index (χ3v) is 3.64. The molecule has 2 aromatic carbocycles. The first kappa shape index (κ1) is 15.1. The smallest absolute Gasteiger partial charge is 0.336 e. The van der Waals surface area contributed by atoms with E-state index in [1.807, 2.05) is 61.5 Å². The van der Waals surface area contributed by atoms with E-state index in [1.54, 1.807) is 12.1 Å². The van der Waals surface area contributed by atoms with Gasteiger partial charge in [-0.1, -0.05) is 43.3 Å². The van der Waals surface area contributed by atoms with Gasteiger partial charge in [-0.05, 0) is 35.8 Å². The lowest BCUT2D eigenvalue weighted by molar-refractivity contribution is 0.363. The summed E-state index contributed by atoms with van der Waals surface area (Å²) in [5.74, 6) is 0.687. The molecule has 0 aliphatic rings. The fourth-order valence-electron chi connectivity index (χ4n) is 2.49. The number of aryl methyl sites for hydroxylation is 1. The summed E-state index contributed by atoms with van der Waals surface area (Å²) < 4.78 is 11.0. The van der Waals surface area contributed by atoms with E-state index in [0.717, 1.165) is 22.9 Å². The highest BCUT2D eigenvalue weighted by atomic mass is 16.5. The molecule has 0 atom stereocenters. The summed E-state index contributed by atoms with van der Waals surface area (Å²) in [6, 6.07) is 17.2. The Balaban J connectivity index is 1.74. The van der Waals surface area contributed by atoms with Crippen LogP contribution in [0.1, 0.15) is 18.1 Å². The van der Waals surface area contributed by atoms with Crippen LogP contribution in [0.4, 0.5) is 0 Å². The van der Waals surface area contributed by atoms with Crippen molar-refractivity contribution in [2.24, 2.45) is 0 Å². The van der Waals surface area contributed by atoms with E-state index in [-0.39, 0.29) is 5.63 Å². The fourth-order valence-corrected chi connectivity index (χ4v) is 2.49. The van der Waals surface area contributed by atoms with E-state index in [2.05, 4.69) is 0 Å². The van der Waals surface area contributed by atoms with E-state index in [9.17, 15) is 4.79 Å². The molecule has 3 nitrogen and oxygen atoms in total. The van der Waals surface area contributed by atoms with Crippen molar-refractivity contribution in [3.63, 3.8) is 0 Å². The van der Waals surface area contributed by atoms with Crippen LogP contribution >= 0.6 is 0 Å². The molecule has 0 saturated carbocycles. The lowest BCUT2D eigenvalue weighted by Gasteiger charge is -2.06. The average molecular weight is 306 g/mol. The van der Waals surface area contributed by atoms with Crippen LogP contribution in [0.5, 0.6) is 5.75 Å². The van der Waals surface area contributed by atoms with Crippen LogP contribution in [0.2, 0.25) is 0 Å². The number of rotatable bonds is 5. The normalized spacial score (nSPS) is 11.2. The molecule has 0 amide bonds. The van der Waals surface area contributed by atoms with Gasteiger partial charge in [-0.3, -0.25) is 0 Å². The molecule has 0 unspecified atom stereocenters. The van der Waals surface area contributed by atoms with Gasteiger partial charge >= 0.3 is 5.63 Å². The minimum absolute atomic E-state index is 0.324. The molecule has 3 rings (SSSR count). The van der Waals surface area contributed by atoms with Crippen LogP contribution in [0.3, 0.4) is 0 Å². The van der Waals surface area contributed by atoms with Crippen LogP contribution in [-0.4, -0.2) is 6.61 Å². The van der Waals surface area contributed by atoms with Crippen LogP contribution in [0.25, 0.3) is 17.0 Å². The standard InChI is InChI=1S/C20H18O3/c1-2-16-13-20(21)23-19-14-17(10-11-18(16)19)22-12-6-9-15-7-4-3-5-8-15/h3-11,13-14H,2,12H2,1H3/b9-6+. The Labute approximate surface area is 134 Å². The summed E-state index contributed by atoms with van der Waals surface area (Å²) in [4.78, 5) is 11.6. The summed E-state index contributed by atoms with van der Waals surface area (Å²) in [6.45, 7) is 2.48. The first-order valence-corrected chi connectivity index (χ1v) is 7.67. The molecule has 23 heavy (non-hydrogen) atoms. The van der Waals surface area contributed by atoms with Crippen LogP contribution < -0.4 is 10.4 Å². The number of hydrogen-bond donors (Lipinski definition) is 0. The van der Waals surface area contributed by atoms with E-state index >= 15 is 0 Å². The Morgan fingerprint density at radius 2 is 1.91 bits per heavy atom. The molecule has 3 aromatic rings. The van der Waals surface area contributed by atoms with Crippen molar-refractivity contribution in [3.8, 4) is 5.75 Å². The SMILES string of the molecule is CCc1cc(=O)oc2cc(OC/C=C/c3ccccc3)ccc12. The molecular formula is C20H18O3. The predicted octanol–water partition coefficient (Wildman–Crippen LogP) is 4.45. The summed E-state index contributed by atoms with van der Waals surface area (Å²) >= 11 is 0. The van der Waals surface area contributed by atoms with E-state index < -0.39 is 0 Å². The maximum atomic E-state index is 11.6. The van der Waals surface area contributed by atoms with Gasteiger partial charge in [0.15, 0.2) is 0 Å².